The number of hydrogen-bond donors (Lipinski definition) is 6. The Hall–Kier alpha value is -4.86. The van der Waals surface area contributed by atoms with Crippen molar-refractivity contribution in [3.63, 3.8) is 0 Å². The summed E-state index contributed by atoms with van der Waals surface area (Å²) in [5.41, 5.74) is 13.6. The summed E-state index contributed by atoms with van der Waals surface area (Å²) >= 11 is 0. The molecule has 0 aliphatic rings. The molecule has 0 fully saturated rings. The first kappa shape index (κ1) is 28.7. The van der Waals surface area contributed by atoms with E-state index < -0.39 is 18.1 Å². The summed E-state index contributed by atoms with van der Waals surface area (Å²) in [6.45, 7) is 0.702. The fraction of sp³-hybridized carbons (Fsp3) is 0.241. The zero-order valence-electron chi connectivity index (χ0n) is 21.6. The fourth-order valence-corrected chi connectivity index (χ4v) is 4.06. The first-order chi connectivity index (χ1) is 18.8. The molecule has 204 valence electrons. The number of hydrogen-bond acceptors (Lipinski definition) is 5. The SMILES string of the molecule is N=C(N)NCCC[C@@H](NC(=O)C(c1ccccc1)c1ccccc1)C(=O)NCc1ccc(COC(N)=O)cc1. The molecule has 0 aliphatic carbocycles. The second-order valence-electron chi connectivity index (χ2n) is 8.94. The van der Waals surface area contributed by atoms with Gasteiger partial charge in [0.15, 0.2) is 5.96 Å². The minimum atomic E-state index is -0.848. The number of rotatable bonds is 13. The molecule has 0 bridgehead atoms. The summed E-state index contributed by atoms with van der Waals surface area (Å²) in [4.78, 5) is 37.6. The summed E-state index contributed by atoms with van der Waals surface area (Å²) < 4.78 is 4.78. The van der Waals surface area contributed by atoms with Crippen LogP contribution in [0.25, 0.3) is 0 Å². The van der Waals surface area contributed by atoms with Crippen molar-refractivity contribution in [2.75, 3.05) is 6.54 Å². The number of nitrogens with two attached hydrogens (primary N) is 2. The highest BCUT2D eigenvalue weighted by atomic mass is 16.5. The Labute approximate surface area is 227 Å². The van der Waals surface area contributed by atoms with Crippen LogP contribution in [0.4, 0.5) is 4.79 Å². The normalized spacial score (nSPS) is 11.3. The van der Waals surface area contributed by atoms with Gasteiger partial charge in [0, 0.05) is 13.1 Å². The minimum Gasteiger partial charge on any atom is -0.445 e. The highest BCUT2D eigenvalue weighted by Crippen LogP contribution is 2.25. The van der Waals surface area contributed by atoms with E-state index in [1.54, 1.807) is 12.1 Å². The van der Waals surface area contributed by atoms with Gasteiger partial charge in [-0.05, 0) is 35.1 Å². The molecule has 3 amide bonds. The fourth-order valence-electron chi connectivity index (χ4n) is 4.06. The third kappa shape index (κ3) is 9.51. The smallest absolute Gasteiger partial charge is 0.404 e. The van der Waals surface area contributed by atoms with E-state index in [0.29, 0.717) is 19.4 Å². The zero-order valence-corrected chi connectivity index (χ0v) is 21.6. The third-order valence-electron chi connectivity index (χ3n) is 6.02. The van der Waals surface area contributed by atoms with Crippen LogP contribution in [-0.2, 0) is 27.5 Å². The van der Waals surface area contributed by atoms with E-state index in [0.717, 1.165) is 22.3 Å². The lowest BCUT2D eigenvalue weighted by molar-refractivity contribution is -0.129. The van der Waals surface area contributed by atoms with E-state index in [2.05, 4.69) is 16.0 Å². The summed E-state index contributed by atoms with van der Waals surface area (Å²) in [5, 5.41) is 15.9. The van der Waals surface area contributed by atoms with Crippen molar-refractivity contribution in [1.29, 1.82) is 5.41 Å². The second kappa shape index (κ2) is 14.8. The third-order valence-corrected chi connectivity index (χ3v) is 6.02. The van der Waals surface area contributed by atoms with E-state index in [9.17, 15) is 14.4 Å². The van der Waals surface area contributed by atoms with Gasteiger partial charge in [0.05, 0.1) is 5.92 Å². The van der Waals surface area contributed by atoms with Crippen LogP contribution in [0.15, 0.2) is 84.9 Å². The summed E-state index contributed by atoms with van der Waals surface area (Å²) in [5.74, 6) is -1.36. The van der Waals surface area contributed by atoms with Crippen molar-refractivity contribution in [2.24, 2.45) is 11.5 Å². The molecular weight excluding hydrogens is 496 g/mol. The van der Waals surface area contributed by atoms with Crippen molar-refractivity contribution >= 4 is 23.9 Å². The molecule has 8 N–H and O–H groups in total. The molecule has 10 nitrogen and oxygen atoms in total. The Balaban J connectivity index is 1.71. The van der Waals surface area contributed by atoms with Gasteiger partial charge in [-0.15, -0.1) is 0 Å². The number of primary amides is 1. The molecule has 0 spiro atoms. The molecule has 3 aromatic carbocycles. The van der Waals surface area contributed by atoms with Crippen LogP contribution in [0.5, 0.6) is 0 Å². The van der Waals surface area contributed by atoms with E-state index in [1.807, 2.05) is 72.8 Å². The van der Waals surface area contributed by atoms with Crippen molar-refractivity contribution in [1.82, 2.24) is 16.0 Å². The van der Waals surface area contributed by atoms with Gasteiger partial charge in [-0.3, -0.25) is 15.0 Å². The van der Waals surface area contributed by atoms with Gasteiger partial charge in [0.2, 0.25) is 11.8 Å². The van der Waals surface area contributed by atoms with Crippen LogP contribution in [0.3, 0.4) is 0 Å². The minimum absolute atomic E-state index is 0.0639. The highest BCUT2D eigenvalue weighted by Gasteiger charge is 2.27. The van der Waals surface area contributed by atoms with E-state index in [4.69, 9.17) is 21.6 Å². The second-order valence-corrected chi connectivity index (χ2v) is 8.94. The summed E-state index contributed by atoms with van der Waals surface area (Å²) in [7, 11) is 0. The summed E-state index contributed by atoms with van der Waals surface area (Å²) in [6.07, 6.45) is 0.00507. The van der Waals surface area contributed by atoms with Crippen LogP contribution >= 0.6 is 0 Å². The molecule has 3 rings (SSSR count). The molecular formula is C29H34N6O4. The molecule has 0 saturated heterocycles. The maximum atomic E-state index is 13.6. The number of amides is 3. The molecule has 0 aliphatic heterocycles. The standard InChI is InChI=1S/C29H34N6O4/c30-28(31)33-17-7-12-24(26(36)34-18-20-13-15-21(16-14-20)19-39-29(32)38)35-27(37)25(22-8-3-1-4-9-22)23-10-5-2-6-11-23/h1-6,8-11,13-16,24-25H,7,12,17-19H2,(H2,32,38)(H,34,36)(H,35,37)(H4,30,31,33)/t24-/m1/s1. The first-order valence-electron chi connectivity index (χ1n) is 12.6. The Morgan fingerprint density at radius 3 is 1.87 bits per heavy atom. The predicted octanol–water partition coefficient (Wildman–Crippen LogP) is 2.48. The van der Waals surface area contributed by atoms with E-state index >= 15 is 0 Å². The maximum absolute atomic E-state index is 13.6. The molecule has 0 saturated carbocycles. The van der Waals surface area contributed by atoms with Crippen molar-refractivity contribution < 1.29 is 19.1 Å². The van der Waals surface area contributed by atoms with Gasteiger partial charge >= 0.3 is 6.09 Å². The van der Waals surface area contributed by atoms with Gasteiger partial charge in [-0.25, -0.2) is 4.79 Å². The molecule has 0 radical (unpaired) electrons. The number of ether oxygens (including phenoxy) is 1. The van der Waals surface area contributed by atoms with Crippen molar-refractivity contribution in [3.8, 4) is 0 Å². The lowest BCUT2D eigenvalue weighted by Crippen LogP contribution is -2.48. The first-order valence-corrected chi connectivity index (χ1v) is 12.6. The largest absolute Gasteiger partial charge is 0.445 e. The number of guanidine groups is 1. The maximum Gasteiger partial charge on any atom is 0.404 e. The van der Waals surface area contributed by atoms with Crippen LogP contribution in [0.1, 0.15) is 41.0 Å². The topological polar surface area (TPSA) is 172 Å². The predicted molar refractivity (Wildman–Crippen MR) is 148 cm³/mol. The van der Waals surface area contributed by atoms with Gasteiger partial charge in [0.1, 0.15) is 12.6 Å². The van der Waals surface area contributed by atoms with E-state index in [1.165, 1.54) is 0 Å². The Kier molecular flexibility index (Phi) is 10.9. The van der Waals surface area contributed by atoms with Gasteiger partial charge in [-0.1, -0.05) is 84.9 Å². The van der Waals surface area contributed by atoms with Crippen LogP contribution in [0, 0.1) is 5.41 Å². The number of nitrogens with one attached hydrogen (secondary N) is 4. The van der Waals surface area contributed by atoms with E-state index in [-0.39, 0.29) is 30.9 Å². The highest BCUT2D eigenvalue weighted by molar-refractivity contribution is 5.92. The molecule has 39 heavy (non-hydrogen) atoms. The Bertz CT molecular complexity index is 1200. The Morgan fingerprint density at radius 2 is 1.33 bits per heavy atom. The van der Waals surface area contributed by atoms with Gasteiger partial charge in [0.25, 0.3) is 0 Å². The lowest BCUT2D eigenvalue weighted by atomic mass is 9.90. The number of carbonyl (C=O) groups is 3. The number of carbonyl (C=O) groups excluding carboxylic acids is 3. The molecule has 3 aromatic rings. The number of benzene rings is 3. The van der Waals surface area contributed by atoms with Crippen molar-refractivity contribution in [2.45, 2.75) is 38.0 Å². The molecule has 1 atom stereocenters. The molecule has 0 unspecified atom stereocenters. The quantitative estimate of drug-likeness (QED) is 0.113. The average molecular weight is 531 g/mol. The zero-order chi connectivity index (χ0) is 28.0. The van der Waals surface area contributed by atoms with Gasteiger partial charge < -0.3 is 32.2 Å². The molecule has 0 heterocycles. The molecule has 0 aromatic heterocycles. The van der Waals surface area contributed by atoms with Crippen LogP contribution in [-0.4, -0.2) is 36.5 Å². The average Bonchev–Trinajstić information content (AvgIpc) is 2.94. The van der Waals surface area contributed by atoms with Crippen LogP contribution < -0.4 is 27.4 Å². The monoisotopic (exact) mass is 530 g/mol. The molecule has 10 heteroatoms. The Morgan fingerprint density at radius 1 is 0.769 bits per heavy atom. The van der Waals surface area contributed by atoms with Gasteiger partial charge in [-0.2, -0.15) is 0 Å². The van der Waals surface area contributed by atoms with Crippen LogP contribution in [0.2, 0.25) is 0 Å². The van der Waals surface area contributed by atoms with Crippen molar-refractivity contribution in [3.05, 3.63) is 107 Å². The lowest BCUT2D eigenvalue weighted by Gasteiger charge is -2.23. The summed E-state index contributed by atoms with van der Waals surface area (Å²) in [6, 6.07) is 25.2.